The first-order valence-electron chi connectivity index (χ1n) is 11.3. The quantitative estimate of drug-likeness (QED) is 0.1000. The van der Waals surface area contributed by atoms with E-state index in [4.69, 9.17) is 25.6 Å². The molecule has 1 heterocycles. The first-order chi connectivity index (χ1) is 18.3. The van der Waals surface area contributed by atoms with Gasteiger partial charge < -0.3 is 4.42 Å². The van der Waals surface area contributed by atoms with Gasteiger partial charge in [0.25, 0.3) is 0 Å². The number of fused-ring (bicyclic) bond motifs is 2. The van der Waals surface area contributed by atoms with Crippen molar-refractivity contribution >= 4 is 50.3 Å². The summed E-state index contributed by atoms with van der Waals surface area (Å²) in [5.41, 5.74) is 3.71. The molecule has 0 aromatic heterocycles. The van der Waals surface area contributed by atoms with Gasteiger partial charge in [-0.3, -0.25) is 0 Å². The molecule has 3 aromatic carbocycles. The molecular formula is C27H21ClN2O6S2. The molecule has 1 aliphatic carbocycles. The average molecular weight is 569 g/mol. The summed E-state index contributed by atoms with van der Waals surface area (Å²) in [6.07, 6.45) is 0. The van der Waals surface area contributed by atoms with Gasteiger partial charge in [0, 0.05) is 52.7 Å². The molecule has 3 aromatic rings. The maximum atomic E-state index is 12.4. The number of hydrogen-bond acceptors (Lipinski definition) is 8. The van der Waals surface area contributed by atoms with Gasteiger partial charge in [0.2, 0.25) is 10.0 Å². The third-order valence-corrected chi connectivity index (χ3v) is 8.58. The van der Waals surface area contributed by atoms with Gasteiger partial charge in [0.05, 0.1) is 28.0 Å². The van der Waals surface area contributed by atoms with Crippen LogP contribution in [0.3, 0.4) is 0 Å². The smallest absolute Gasteiger partial charge is 0.242 e. The minimum Gasteiger partial charge on any atom is -0.456 e. The lowest BCUT2D eigenvalue weighted by molar-refractivity contribution is -0.432. The van der Waals surface area contributed by atoms with Crippen molar-refractivity contribution in [3.63, 3.8) is 0 Å². The van der Waals surface area contributed by atoms with Crippen molar-refractivity contribution in [1.29, 1.82) is 0 Å². The molecule has 0 radical (unpaired) electrons. The van der Waals surface area contributed by atoms with Crippen LogP contribution in [0, 0.1) is 0 Å². The highest BCUT2D eigenvalue weighted by Gasteiger charge is 2.20. The highest BCUT2D eigenvalue weighted by molar-refractivity contribution is 7.94. The number of nitrogens with zero attached hydrogens (tertiary/aromatic N) is 2. The summed E-state index contributed by atoms with van der Waals surface area (Å²) in [7, 11) is -0.551. The normalized spacial score (nSPS) is 12.6. The van der Waals surface area contributed by atoms with E-state index >= 15 is 0 Å². The van der Waals surface area contributed by atoms with Crippen LogP contribution in [0.5, 0.6) is 0 Å². The topological polar surface area (TPSA) is 102 Å². The van der Waals surface area contributed by atoms with Crippen LogP contribution in [-0.4, -0.2) is 32.1 Å². The average Bonchev–Trinajstić information content (AvgIpc) is 2.91. The zero-order valence-electron chi connectivity index (χ0n) is 20.2. The van der Waals surface area contributed by atoms with Gasteiger partial charge in [-0.1, -0.05) is 34.8 Å². The molecule has 2 aliphatic rings. The number of hydrogen-bond donors (Lipinski definition) is 1. The Kier molecular flexibility index (Phi) is 7.55. The minimum absolute atomic E-state index is 0.190. The molecule has 0 amide bonds. The van der Waals surface area contributed by atoms with Gasteiger partial charge in [0.15, 0.2) is 0 Å². The Bertz CT molecular complexity index is 1770. The van der Waals surface area contributed by atoms with Crippen LogP contribution in [0.25, 0.3) is 33.4 Å². The first kappa shape index (κ1) is 26.4. The van der Waals surface area contributed by atoms with E-state index in [1.165, 1.54) is 26.2 Å². The molecule has 0 unspecified atom stereocenters. The van der Waals surface area contributed by atoms with Gasteiger partial charge in [-0.05, 0) is 60.2 Å². The van der Waals surface area contributed by atoms with E-state index in [0.29, 0.717) is 32.3 Å². The predicted molar refractivity (Wildman–Crippen MR) is 146 cm³/mol. The molecule has 0 fully saturated rings. The standard InChI is InChI=1S/C27H21ClN2O6S2/c1-30(2)38(32,33)20-11-8-18(9-12-20)29-19-10-14-22-25(16-19)34-24-15-17(28)7-13-21(24)27(22)23-5-3-4-6-26(23)37-36-35-31/h3-16,31H,1-2H3. The van der Waals surface area contributed by atoms with Crippen LogP contribution in [0.1, 0.15) is 0 Å². The van der Waals surface area contributed by atoms with Crippen LogP contribution < -0.4 is 5.36 Å². The SMILES string of the molecule is CN(C)S(=O)(=O)c1ccc(N=c2ccc3c(-c4ccccc4SOOO)c4ccc(Cl)cc4oc-3c2)cc1. The minimum atomic E-state index is -3.53. The molecule has 0 bridgehead atoms. The van der Waals surface area contributed by atoms with Gasteiger partial charge in [-0.2, -0.15) is 0 Å². The Labute approximate surface area is 228 Å². The van der Waals surface area contributed by atoms with Crippen LogP contribution in [-0.2, 0) is 19.4 Å². The number of sulfonamides is 1. The summed E-state index contributed by atoms with van der Waals surface area (Å²) in [5, 5.41) is 14.5. The fourth-order valence-electron chi connectivity index (χ4n) is 4.06. The summed E-state index contributed by atoms with van der Waals surface area (Å²) in [4.78, 5) is 5.56. The molecule has 38 heavy (non-hydrogen) atoms. The molecule has 11 heteroatoms. The number of benzene rings is 4. The lowest BCUT2D eigenvalue weighted by Gasteiger charge is -2.17. The summed E-state index contributed by atoms with van der Waals surface area (Å²) >= 11 is 7.16. The van der Waals surface area contributed by atoms with Crippen LogP contribution in [0.4, 0.5) is 5.69 Å². The Balaban J connectivity index is 1.67. The summed E-state index contributed by atoms with van der Waals surface area (Å²) in [5.74, 6) is 0.571. The van der Waals surface area contributed by atoms with E-state index in [1.54, 1.807) is 24.3 Å². The third-order valence-electron chi connectivity index (χ3n) is 5.85. The van der Waals surface area contributed by atoms with Crippen LogP contribution in [0.15, 0.2) is 104 Å². The van der Waals surface area contributed by atoms with Gasteiger partial charge in [0.1, 0.15) is 11.3 Å². The molecule has 0 saturated heterocycles. The van der Waals surface area contributed by atoms with Crippen molar-refractivity contribution in [3.8, 4) is 22.5 Å². The first-order valence-corrected chi connectivity index (χ1v) is 13.8. The van der Waals surface area contributed by atoms with Crippen LogP contribution >= 0.6 is 23.6 Å². The Hall–Kier alpha value is -3.22. The van der Waals surface area contributed by atoms with Crippen LogP contribution in [0.2, 0.25) is 5.02 Å². The third kappa shape index (κ3) is 5.20. The zero-order chi connectivity index (χ0) is 26.9. The Morgan fingerprint density at radius 1 is 0.947 bits per heavy atom. The highest BCUT2D eigenvalue weighted by Crippen LogP contribution is 2.43. The molecule has 1 aliphatic heterocycles. The van der Waals surface area contributed by atoms with E-state index in [-0.39, 0.29) is 4.90 Å². The van der Waals surface area contributed by atoms with E-state index in [1.807, 2.05) is 48.5 Å². The van der Waals surface area contributed by atoms with E-state index in [0.717, 1.165) is 38.4 Å². The Morgan fingerprint density at radius 3 is 2.45 bits per heavy atom. The second-order valence-electron chi connectivity index (χ2n) is 8.41. The maximum absolute atomic E-state index is 12.4. The van der Waals surface area contributed by atoms with Crippen molar-refractivity contribution in [2.75, 3.05) is 14.1 Å². The molecule has 0 atom stereocenters. The van der Waals surface area contributed by atoms with E-state index in [2.05, 4.69) is 10.0 Å². The van der Waals surface area contributed by atoms with E-state index < -0.39 is 10.0 Å². The second kappa shape index (κ2) is 10.9. The predicted octanol–water partition coefficient (Wildman–Crippen LogP) is 6.77. The van der Waals surface area contributed by atoms with Crippen molar-refractivity contribution in [2.24, 2.45) is 4.99 Å². The van der Waals surface area contributed by atoms with E-state index in [9.17, 15) is 8.42 Å². The molecule has 0 spiro atoms. The van der Waals surface area contributed by atoms with Gasteiger partial charge >= 0.3 is 0 Å². The molecule has 194 valence electrons. The summed E-state index contributed by atoms with van der Waals surface area (Å²) < 4.78 is 36.8. The lowest BCUT2D eigenvalue weighted by Crippen LogP contribution is -2.22. The fraction of sp³-hybridized carbons (Fsp3) is 0.0741. The van der Waals surface area contributed by atoms with Gasteiger partial charge in [-0.15, -0.1) is 4.33 Å². The molecular weight excluding hydrogens is 548 g/mol. The van der Waals surface area contributed by atoms with Gasteiger partial charge in [-0.25, -0.2) is 23.0 Å². The largest absolute Gasteiger partial charge is 0.456 e. The lowest BCUT2D eigenvalue weighted by atomic mass is 9.93. The van der Waals surface area contributed by atoms with Crippen molar-refractivity contribution < 1.29 is 27.5 Å². The highest BCUT2D eigenvalue weighted by atomic mass is 35.5. The monoisotopic (exact) mass is 568 g/mol. The number of halogens is 1. The molecule has 5 rings (SSSR count). The Morgan fingerprint density at radius 2 is 1.71 bits per heavy atom. The maximum Gasteiger partial charge on any atom is 0.242 e. The van der Waals surface area contributed by atoms with Crippen molar-refractivity contribution in [2.45, 2.75) is 9.79 Å². The van der Waals surface area contributed by atoms with Crippen molar-refractivity contribution in [3.05, 3.63) is 95.3 Å². The summed E-state index contributed by atoms with van der Waals surface area (Å²) in [6, 6.07) is 24.9. The van der Waals surface area contributed by atoms with Crippen molar-refractivity contribution in [1.82, 2.24) is 4.31 Å². The zero-order valence-corrected chi connectivity index (χ0v) is 22.5. The molecule has 1 N–H and O–H groups in total. The molecule has 8 nitrogen and oxygen atoms in total. The summed E-state index contributed by atoms with van der Waals surface area (Å²) in [6.45, 7) is 0. The second-order valence-corrected chi connectivity index (χ2v) is 11.7. The molecule has 0 saturated carbocycles. The fourth-order valence-corrected chi connectivity index (χ4v) is 5.62. The number of rotatable bonds is 7.